The van der Waals surface area contributed by atoms with Crippen LogP contribution in [0.5, 0.6) is 0 Å². The zero-order chi connectivity index (χ0) is 19.4. The molecule has 1 amide bonds. The molecule has 0 aliphatic rings. The number of nitrogens with zero attached hydrogens (tertiary/aromatic N) is 4. The fourth-order valence-corrected chi connectivity index (χ4v) is 2.59. The summed E-state index contributed by atoms with van der Waals surface area (Å²) in [7, 11) is 1.60. The van der Waals surface area contributed by atoms with Crippen LogP contribution >= 0.6 is 0 Å². The Kier molecular flexibility index (Phi) is 5.25. The van der Waals surface area contributed by atoms with Crippen molar-refractivity contribution in [3.05, 3.63) is 65.0 Å². The van der Waals surface area contributed by atoms with Crippen LogP contribution in [0.3, 0.4) is 0 Å². The molecule has 1 atom stereocenters. The Morgan fingerprint density at radius 2 is 1.78 bits per heavy atom. The number of likely N-dealkylation sites (N-methyl/N-ethyl adjacent to an activating group) is 1. The van der Waals surface area contributed by atoms with Gasteiger partial charge >= 0.3 is 5.97 Å². The molecule has 1 heterocycles. The lowest BCUT2D eigenvalue weighted by molar-refractivity contribution is -0.154. The second-order valence-electron chi connectivity index (χ2n) is 5.93. The van der Waals surface area contributed by atoms with Gasteiger partial charge in [0.05, 0.1) is 5.39 Å². The molecular formula is C19H18N4O4. The Morgan fingerprint density at radius 1 is 1.11 bits per heavy atom. The Bertz CT molecular complexity index is 1030. The van der Waals surface area contributed by atoms with Crippen LogP contribution in [0.2, 0.25) is 0 Å². The molecule has 0 spiro atoms. The van der Waals surface area contributed by atoms with E-state index in [9.17, 15) is 14.4 Å². The fraction of sp³-hybridized carbons (Fsp3) is 0.211. The summed E-state index contributed by atoms with van der Waals surface area (Å²) in [6.07, 6.45) is -1.01. The van der Waals surface area contributed by atoms with Crippen LogP contribution in [-0.4, -0.2) is 40.0 Å². The molecule has 0 saturated carbocycles. The van der Waals surface area contributed by atoms with E-state index in [1.807, 2.05) is 6.07 Å². The maximum Gasteiger partial charge on any atom is 0.328 e. The molecule has 0 radical (unpaired) electrons. The number of carbonyl (C=O) groups excluding carboxylic acids is 2. The first-order valence-electron chi connectivity index (χ1n) is 8.32. The van der Waals surface area contributed by atoms with Crippen molar-refractivity contribution in [3.8, 4) is 0 Å². The van der Waals surface area contributed by atoms with Crippen LogP contribution in [0.25, 0.3) is 10.9 Å². The third-order valence-corrected chi connectivity index (χ3v) is 4.04. The van der Waals surface area contributed by atoms with Gasteiger partial charge < -0.3 is 9.64 Å². The predicted molar refractivity (Wildman–Crippen MR) is 99.2 cm³/mol. The van der Waals surface area contributed by atoms with Gasteiger partial charge in [0, 0.05) is 12.7 Å². The first-order chi connectivity index (χ1) is 13.0. The number of esters is 1. The highest BCUT2D eigenvalue weighted by Gasteiger charge is 2.23. The van der Waals surface area contributed by atoms with Crippen LogP contribution in [0.1, 0.15) is 6.92 Å². The molecule has 0 aliphatic heterocycles. The van der Waals surface area contributed by atoms with E-state index in [0.29, 0.717) is 16.6 Å². The van der Waals surface area contributed by atoms with Gasteiger partial charge in [-0.25, -0.2) is 0 Å². The average molecular weight is 366 g/mol. The second kappa shape index (κ2) is 7.77. The summed E-state index contributed by atoms with van der Waals surface area (Å²) in [5.41, 5.74) is 0.681. The Labute approximate surface area is 155 Å². The maximum absolute atomic E-state index is 12.4. The van der Waals surface area contributed by atoms with Crippen molar-refractivity contribution >= 4 is 28.5 Å². The van der Waals surface area contributed by atoms with Crippen molar-refractivity contribution in [1.82, 2.24) is 15.0 Å². The normalized spacial score (nSPS) is 11.8. The number of para-hydroxylation sites is 1. The molecule has 8 heteroatoms. The average Bonchev–Trinajstić information content (AvgIpc) is 2.69. The van der Waals surface area contributed by atoms with Gasteiger partial charge in [-0.3, -0.25) is 14.4 Å². The number of aromatic nitrogens is 3. The first kappa shape index (κ1) is 18.2. The van der Waals surface area contributed by atoms with E-state index < -0.39 is 24.2 Å². The zero-order valence-corrected chi connectivity index (χ0v) is 14.9. The standard InChI is InChI=1S/C19H18N4O4/c1-13(18(25)22(2)14-8-4-3-5-9-14)27-17(24)12-23-19(26)15-10-6-7-11-16(15)20-21-23/h3-11,13H,12H2,1-2H3/t13-/m0/s1. The summed E-state index contributed by atoms with van der Waals surface area (Å²) in [5, 5.41) is 8.00. The molecular weight excluding hydrogens is 348 g/mol. The van der Waals surface area contributed by atoms with E-state index in [-0.39, 0.29) is 5.91 Å². The number of fused-ring (bicyclic) bond motifs is 1. The summed E-state index contributed by atoms with van der Waals surface area (Å²) >= 11 is 0. The molecule has 0 unspecified atom stereocenters. The molecule has 138 valence electrons. The minimum absolute atomic E-state index is 0.355. The van der Waals surface area contributed by atoms with E-state index in [4.69, 9.17) is 4.74 Å². The molecule has 27 heavy (non-hydrogen) atoms. The van der Waals surface area contributed by atoms with Crippen LogP contribution in [0.4, 0.5) is 5.69 Å². The monoisotopic (exact) mass is 366 g/mol. The van der Waals surface area contributed by atoms with Gasteiger partial charge in [-0.15, -0.1) is 5.10 Å². The summed E-state index contributed by atoms with van der Waals surface area (Å²) in [6, 6.07) is 15.7. The predicted octanol–water partition coefficient (Wildman–Crippen LogP) is 1.39. The Hall–Kier alpha value is -3.55. The summed E-state index contributed by atoms with van der Waals surface area (Å²) < 4.78 is 6.09. The molecule has 1 aromatic heterocycles. The number of ether oxygens (including phenoxy) is 1. The highest BCUT2D eigenvalue weighted by molar-refractivity contribution is 5.96. The molecule has 0 N–H and O–H groups in total. The van der Waals surface area contributed by atoms with E-state index >= 15 is 0 Å². The van der Waals surface area contributed by atoms with Crippen molar-refractivity contribution in [2.24, 2.45) is 0 Å². The molecule has 0 saturated heterocycles. The molecule has 0 aliphatic carbocycles. The minimum atomic E-state index is -1.01. The lowest BCUT2D eigenvalue weighted by Gasteiger charge is -2.21. The molecule has 3 aromatic rings. The van der Waals surface area contributed by atoms with E-state index in [2.05, 4.69) is 10.3 Å². The van der Waals surface area contributed by atoms with Crippen LogP contribution < -0.4 is 10.5 Å². The van der Waals surface area contributed by atoms with Crippen molar-refractivity contribution in [2.75, 3.05) is 11.9 Å². The third kappa shape index (κ3) is 4.00. The van der Waals surface area contributed by atoms with Crippen molar-refractivity contribution in [3.63, 3.8) is 0 Å². The largest absolute Gasteiger partial charge is 0.451 e. The first-order valence-corrected chi connectivity index (χ1v) is 8.32. The van der Waals surface area contributed by atoms with E-state index in [1.54, 1.807) is 55.6 Å². The topological polar surface area (TPSA) is 94.4 Å². The smallest absolute Gasteiger partial charge is 0.328 e. The number of amides is 1. The molecule has 2 aromatic carbocycles. The zero-order valence-electron chi connectivity index (χ0n) is 14.9. The lowest BCUT2D eigenvalue weighted by Crippen LogP contribution is -2.38. The van der Waals surface area contributed by atoms with Crippen LogP contribution in [0, 0.1) is 0 Å². The van der Waals surface area contributed by atoms with Gasteiger partial charge in [0.1, 0.15) is 12.1 Å². The van der Waals surface area contributed by atoms with Crippen LogP contribution in [-0.2, 0) is 20.9 Å². The van der Waals surface area contributed by atoms with E-state index in [0.717, 1.165) is 4.68 Å². The molecule has 3 rings (SSSR count). The third-order valence-electron chi connectivity index (χ3n) is 4.04. The molecule has 0 bridgehead atoms. The molecule has 8 nitrogen and oxygen atoms in total. The highest BCUT2D eigenvalue weighted by Crippen LogP contribution is 2.13. The van der Waals surface area contributed by atoms with Gasteiger partial charge in [0.25, 0.3) is 11.5 Å². The fourth-order valence-electron chi connectivity index (χ4n) is 2.59. The summed E-state index contributed by atoms with van der Waals surface area (Å²) in [6.45, 7) is 1.05. The number of rotatable bonds is 5. The van der Waals surface area contributed by atoms with Gasteiger partial charge in [0.2, 0.25) is 0 Å². The number of hydrogen-bond donors (Lipinski definition) is 0. The minimum Gasteiger partial charge on any atom is -0.451 e. The van der Waals surface area contributed by atoms with Gasteiger partial charge in [-0.2, -0.15) is 4.68 Å². The highest BCUT2D eigenvalue weighted by atomic mass is 16.5. The number of hydrogen-bond acceptors (Lipinski definition) is 6. The second-order valence-corrected chi connectivity index (χ2v) is 5.93. The van der Waals surface area contributed by atoms with Gasteiger partial charge in [-0.1, -0.05) is 35.5 Å². The number of carbonyl (C=O) groups is 2. The Morgan fingerprint density at radius 3 is 2.52 bits per heavy atom. The van der Waals surface area contributed by atoms with Crippen molar-refractivity contribution in [1.29, 1.82) is 0 Å². The quantitative estimate of drug-likeness (QED) is 0.633. The number of anilines is 1. The lowest BCUT2D eigenvalue weighted by atomic mass is 10.2. The van der Waals surface area contributed by atoms with Crippen LogP contribution in [0.15, 0.2) is 59.4 Å². The van der Waals surface area contributed by atoms with Crippen molar-refractivity contribution < 1.29 is 14.3 Å². The summed E-state index contributed by atoms with van der Waals surface area (Å²) in [5.74, 6) is -1.13. The maximum atomic E-state index is 12.4. The Balaban J connectivity index is 1.68. The molecule has 0 fully saturated rings. The van der Waals surface area contributed by atoms with E-state index in [1.165, 1.54) is 11.8 Å². The van der Waals surface area contributed by atoms with Gasteiger partial charge in [0.15, 0.2) is 6.10 Å². The summed E-state index contributed by atoms with van der Waals surface area (Å²) in [4.78, 5) is 38.3. The number of benzene rings is 2. The SMILES string of the molecule is C[C@H](OC(=O)Cn1nnc2ccccc2c1=O)C(=O)N(C)c1ccccc1. The van der Waals surface area contributed by atoms with Crippen molar-refractivity contribution in [2.45, 2.75) is 19.6 Å². The van der Waals surface area contributed by atoms with Gasteiger partial charge in [-0.05, 0) is 31.2 Å².